The Labute approximate surface area is 180 Å². The predicted molar refractivity (Wildman–Crippen MR) is 115 cm³/mol. The van der Waals surface area contributed by atoms with Gasteiger partial charge in [0.25, 0.3) is 11.3 Å². The molecule has 3 aromatic heterocycles. The normalized spacial score (nSPS) is 13.1. The van der Waals surface area contributed by atoms with E-state index in [1.54, 1.807) is 28.9 Å². The molecule has 0 N–H and O–H groups in total. The van der Waals surface area contributed by atoms with Crippen molar-refractivity contribution in [3.05, 3.63) is 76.3 Å². The molecule has 4 heterocycles. The number of rotatable bonds is 2. The molecule has 5 aromatic rings. The summed E-state index contributed by atoms with van der Waals surface area (Å²) in [5, 5.41) is 5.49. The molecule has 1 aliphatic rings. The van der Waals surface area contributed by atoms with Crippen molar-refractivity contribution >= 4 is 28.3 Å². The smallest absolute Gasteiger partial charge is 0.266 e. The third-order valence-corrected chi connectivity index (χ3v) is 5.47. The van der Waals surface area contributed by atoms with Gasteiger partial charge < -0.3 is 9.47 Å². The third-order valence-electron chi connectivity index (χ3n) is 5.15. The lowest BCUT2D eigenvalue weighted by molar-refractivity contribution is 0.171. The monoisotopic (exact) mass is 431 g/mol. The highest BCUT2D eigenvalue weighted by Gasteiger charge is 2.17. The van der Waals surface area contributed by atoms with Crippen molar-refractivity contribution in [1.82, 2.24) is 24.1 Å². The fourth-order valence-corrected chi connectivity index (χ4v) is 3.89. The lowest BCUT2D eigenvalue weighted by Crippen LogP contribution is -2.19. The number of aromatic nitrogens is 5. The minimum Gasteiger partial charge on any atom is -0.486 e. The van der Waals surface area contributed by atoms with Crippen LogP contribution in [0.1, 0.15) is 0 Å². The van der Waals surface area contributed by atoms with Gasteiger partial charge in [0.1, 0.15) is 13.2 Å². The molecule has 152 valence electrons. The molecule has 0 saturated carbocycles. The van der Waals surface area contributed by atoms with Gasteiger partial charge in [0.15, 0.2) is 17.3 Å². The standard InChI is InChI=1S/C22H14ClN5O3/c23-15-3-1-2-4-17(15)27-8-7-16-14(21(27)29)12-24-22-25-20(26-28(16)22)13-5-6-18-19(11-13)31-10-9-30-18/h1-8,11-12H,9-10H2. The lowest BCUT2D eigenvalue weighted by atomic mass is 10.2. The number of hydrogen-bond acceptors (Lipinski definition) is 6. The maximum Gasteiger partial charge on any atom is 0.266 e. The van der Waals surface area contributed by atoms with E-state index >= 15 is 0 Å². The maximum atomic E-state index is 13.1. The van der Waals surface area contributed by atoms with Gasteiger partial charge in [0, 0.05) is 18.0 Å². The van der Waals surface area contributed by atoms with Crippen LogP contribution in [0.4, 0.5) is 0 Å². The first-order chi connectivity index (χ1) is 15.2. The minimum atomic E-state index is -0.239. The molecular weight excluding hydrogens is 418 g/mol. The van der Waals surface area contributed by atoms with Crippen LogP contribution in [0.3, 0.4) is 0 Å². The molecule has 6 rings (SSSR count). The second kappa shape index (κ2) is 6.82. The van der Waals surface area contributed by atoms with Gasteiger partial charge in [-0.2, -0.15) is 9.50 Å². The first-order valence-corrected chi connectivity index (χ1v) is 9.99. The van der Waals surface area contributed by atoms with E-state index in [9.17, 15) is 4.79 Å². The minimum absolute atomic E-state index is 0.239. The van der Waals surface area contributed by atoms with E-state index in [4.69, 9.17) is 21.1 Å². The Bertz CT molecular complexity index is 1540. The Balaban J connectivity index is 1.51. The highest BCUT2D eigenvalue weighted by molar-refractivity contribution is 6.32. The van der Waals surface area contributed by atoms with E-state index in [-0.39, 0.29) is 5.56 Å². The summed E-state index contributed by atoms with van der Waals surface area (Å²) in [5.74, 6) is 2.23. The van der Waals surface area contributed by atoms with Gasteiger partial charge in [-0.05, 0) is 36.4 Å². The molecule has 0 spiro atoms. The van der Waals surface area contributed by atoms with Crippen LogP contribution in [0, 0.1) is 0 Å². The van der Waals surface area contributed by atoms with Gasteiger partial charge in [-0.25, -0.2) is 4.98 Å². The fourth-order valence-electron chi connectivity index (χ4n) is 3.66. The molecule has 0 aliphatic carbocycles. The van der Waals surface area contributed by atoms with E-state index in [1.165, 1.54) is 10.8 Å². The summed E-state index contributed by atoms with van der Waals surface area (Å²) >= 11 is 6.28. The summed E-state index contributed by atoms with van der Waals surface area (Å²) in [5.41, 5.74) is 1.74. The van der Waals surface area contributed by atoms with Crippen LogP contribution in [0.25, 0.3) is 33.8 Å². The summed E-state index contributed by atoms with van der Waals surface area (Å²) in [7, 11) is 0. The van der Waals surface area contributed by atoms with Crippen molar-refractivity contribution in [3.8, 4) is 28.6 Å². The van der Waals surface area contributed by atoms with Crippen LogP contribution in [0.15, 0.2) is 65.7 Å². The average Bonchev–Trinajstić information content (AvgIpc) is 3.25. The fraction of sp³-hybridized carbons (Fsp3) is 0.0909. The quantitative estimate of drug-likeness (QED) is 0.425. The van der Waals surface area contributed by atoms with Crippen LogP contribution >= 0.6 is 11.6 Å². The summed E-state index contributed by atoms with van der Waals surface area (Å²) in [6, 6.07) is 14.5. The summed E-state index contributed by atoms with van der Waals surface area (Å²) in [4.78, 5) is 22.0. The van der Waals surface area contributed by atoms with E-state index < -0.39 is 0 Å². The molecule has 31 heavy (non-hydrogen) atoms. The van der Waals surface area contributed by atoms with E-state index in [1.807, 2.05) is 30.3 Å². The maximum absolute atomic E-state index is 13.1. The Morgan fingerprint density at radius 3 is 2.71 bits per heavy atom. The van der Waals surface area contributed by atoms with Crippen molar-refractivity contribution in [2.75, 3.05) is 13.2 Å². The molecule has 2 aromatic carbocycles. The third kappa shape index (κ3) is 2.83. The molecule has 0 atom stereocenters. The number of para-hydroxylation sites is 1. The van der Waals surface area contributed by atoms with Gasteiger partial charge in [-0.15, -0.1) is 5.10 Å². The average molecular weight is 432 g/mol. The van der Waals surface area contributed by atoms with Gasteiger partial charge in [0.05, 0.1) is 21.6 Å². The van der Waals surface area contributed by atoms with Crippen LogP contribution in [0.5, 0.6) is 11.5 Å². The van der Waals surface area contributed by atoms with Gasteiger partial charge in [-0.3, -0.25) is 9.36 Å². The van der Waals surface area contributed by atoms with E-state index in [0.29, 0.717) is 57.9 Å². The number of hydrogen-bond donors (Lipinski definition) is 0. The highest BCUT2D eigenvalue weighted by Crippen LogP contribution is 2.33. The summed E-state index contributed by atoms with van der Waals surface area (Å²) in [6.45, 7) is 1.03. The number of benzene rings is 2. The van der Waals surface area contributed by atoms with Crippen LogP contribution in [0.2, 0.25) is 5.02 Å². The first-order valence-electron chi connectivity index (χ1n) is 9.61. The van der Waals surface area contributed by atoms with Crippen LogP contribution in [-0.2, 0) is 0 Å². The Morgan fingerprint density at radius 2 is 1.84 bits per heavy atom. The molecule has 1 aliphatic heterocycles. The zero-order chi connectivity index (χ0) is 20.9. The number of fused-ring (bicyclic) bond motifs is 4. The van der Waals surface area contributed by atoms with Crippen molar-refractivity contribution in [2.24, 2.45) is 0 Å². The summed E-state index contributed by atoms with van der Waals surface area (Å²) < 4.78 is 14.3. The molecule has 0 bridgehead atoms. The first kappa shape index (κ1) is 17.9. The number of halogens is 1. The van der Waals surface area contributed by atoms with Crippen molar-refractivity contribution in [1.29, 1.82) is 0 Å². The molecule has 0 saturated heterocycles. The topological polar surface area (TPSA) is 83.5 Å². The molecule has 0 amide bonds. The Hall–Kier alpha value is -3.91. The lowest BCUT2D eigenvalue weighted by Gasteiger charge is -2.18. The van der Waals surface area contributed by atoms with Crippen molar-refractivity contribution in [3.63, 3.8) is 0 Å². The molecule has 9 heteroatoms. The number of ether oxygens (including phenoxy) is 2. The van der Waals surface area contributed by atoms with Gasteiger partial charge >= 0.3 is 0 Å². The van der Waals surface area contributed by atoms with Crippen molar-refractivity contribution < 1.29 is 9.47 Å². The number of nitrogens with zero attached hydrogens (tertiary/aromatic N) is 5. The number of pyridine rings is 1. The molecule has 0 radical (unpaired) electrons. The predicted octanol–water partition coefficient (Wildman–Crippen LogP) is 3.52. The second-order valence-electron chi connectivity index (χ2n) is 7.01. The zero-order valence-corrected chi connectivity index (χ0v) is 16.8. The highest BCUT2D eigenvalue weighted by atomic mass is 35.5. The van der Waals surface area contributed by atoms with Crippen LogP contribution in [-0.4, -0.2) is 37.4 Å². The zero-order valence-electron chi connectivity index (χ0n) is 16.0. The van der Waals surface area contributed by atoms with Crippen molar-refractivity contribution in [2.45, 2.75) is 0 Å². The SMILES string of the molecule is O=c1c2cnc3nc(-c4ccc5c(c4)OCCO5)nn3c2ccn1-c1ccccc1Cl. The van der Waals surface area contributed by atoms with Crippen LogP contribution < -0.4 is 15.0 Å². The molecule has 8 nitrogen and oxygen atoms in total. The molecular formula is C22H14ClN5O3. The Morgan fingerprint density at radius 1 is 1.00 bits per heavy atom. The van der Waals surface area contributed by atoms with Gasteiger partial charge in [-0.1, -0.05) is 23.7 Å². The molecule has 0 unspecified atom stereocenters. The van der Waals surface area contributed by atoms with Gasteiger partial charge in [0.2, 0.25) is 0 Å². The second-order valence-corrected chi connectivity index (χ2v) is 7.41. The van der Waals surface area contributed by atoms with E-state index in [0.717, 1.165) is 5.56 Å². The molecule has 0 fully saturated rings. The summed E-state index contributed by atoms with van der Waals surface area (Å²) in [6.07, 6.45) is 3.19. The van der Waals surface area contributed by atoms with E-state index in [2.05, 4.69) is 15.1 Å². The Kier molecular flexibility index (Phi) is 3.94. The largest absolute Gasteiger partial charge is 0.486 e.